The standard InChI is InChI=1S/C8H20N4O4S/c1-12(5-2-3-9)17(14,15)11-4-6-16-7-8(10)13/h11H,2-7,9H2,1H3,(H2,10,13). The van der Waals surface area contributed by atoms with Gasteiger partial charge in [0.15, 0.2) is 0 Å². The minimum atomic E-state index is -3.50. The van der Waals surface area contributed by atoms with Crippen molar-refractivity contribution in [3.8, 4) is 0 Å². The molecule has 102 valence electrons. The molecule has 0 aromatic heterocycles. The number of ether oxygens (including phenoxy) is 1. The van der Waals surface area contributed by atoms with Crippen molar-refractivity contribution in [3.05, 3.63) is 0 Å². The highest BCUT2D eigenvalue weighted by Gasteiger charge is 2.15. The number of rotatable bonds is 10. The van der Waals surface area contributed by atoms with Crippen LogP contribution in [0.15, 0.2) is 0 Å². The number of nitrogens with one attached hydrogen (secondary N) is 1. The van der Waals surface area contributed by atoms with Crippen LogP contribution in [-0.2, 0) is 19.7 Å². The third kappa shape index (κ3) is 8.05. The molecule has 17 heavy (non-hydrogen) atoms. The highest BCUT2D eigenvalue weighted by Crippen LogP contribution is 1.94. The maximum absolute atomic E-state index is 11.6. The van der Waals surface area contributed by atoms with Gasteiger partial charge in [-0.25, -0.2) is 0 Å². The number of carbonyl (C=O) groups excluding carboxylic acids is 1. The quantitative estimate of drug-likeness (QED) is 0.381. The molecule has 0 radical (unpaired) electrons. The third-order valence-corrected chi connectivity index (χ3v) is 3.43. The number of hydrogen-bond donors (Lipinski definition) is 3. The van der Waals surface area contributed by atoms with E-state index in [-0.39, 0.29) is 19.8 Å². The summed E-state index contributed by atoms with van der Waals surface area (Å²) in [5, 5.41) is 0. The van der Waals surface area contributed by atoms with Gasteiger partial charge in [0.1, 0.15) is 6.61 Å². The Morgan fingerprint density at radius 3 is 2.65 bits per heavy atom. The smallest absolute Gasteiger partial charge is 0.279 e. The normalized spacial score (nSPS) is 11.9. The number of nitrogens with zero attached hydrogens (tertiary/aromatic N) is 1. The molecule has 0 saturated carbocycles. The Bertz CT molecular complexity index is 319. The van der Waals surface area contributed by atoms with Gasteiger partial charge in [-0.1, -0.05) is 0 Å². The topological polar surface area (TPSA) is 128 Å². The molecule has 0 atom stereocenters. The lowest BCUT2D eigenvalue weighted by atomic mass is 10.4. The van der Waals surface area contributed by atoms with Crippen LogP contribution in [-0.4, -0.2) is 58.5 Å². The maximum Gasteiger partial charge on any atom is 0.279 e. The fraction of sp³-hybridized carbons (Fsp3) is 0.875. The Kier molecular flexibility index (Phi) is 8.00. The first-order valence-electron chi connectivity index (χ1n) is 5.17. The van der Waals surface area contributed by atoms with E-state index < -0.39 is 16.1 Å². The Morgan fingerprint density at radius 1 is 1.47 bits per heavy atom. The van der Waals surface area contributed by atoms with Crippen LogP contribution in [0.2, 0.25) is 0 Å². The van der Waals surface area contributed by atoms with E-state index >= 15 is 0 Å². The molecule has 0 fully saturated rings. The number of primary amides is 1. The Labute approximate surface area is 101 Å². The van der Waals surface area contributed by atoms with Gasteiger partial charge in [0.2, 0.25) is 5.91 Å². The van der Waals surface area contributed by atoms with Crippen molar-refractivity contribution in [1.29, 1.82) is 0 Å². The average Bonchev–Trinajstić information content (AvgIpc) is 2.24. The lowest BCUT2D eigenvalue weighted by molar-refractivity contribution is -0.122. The van der Waals surface area contributed by atoms with Crippen molar-refractivity contribution in [2.24, 2.45) is 11.5 Å². The minimum absolute atomic E-state index is 0.0859. The van der Waals surface area contributed by atoms with Crippen LogP contribution in [0, 0.1) is 0 Å². The molecular weight excluding hydrogens is 248 g/mol. The van der Waals surface area contributed by atoms with Gasteiger partial charge in [-0.2, -0.15) is 17.4 Å². The van der Waals surface area contributed by atoms with E-state index in [2.05, 4.69) is 4.72 Å². The fourth-order valence-electron chi connectivity index (χ4n) is 0.960. The van der Waals surface area contributed by atoms with E-state index in [0.717, 1.165) is 0 Å². The van der Waals surface area contributed by atoms with Gasteiger partial charge in [-0.3, -0.25) is 4.79 Å². The number of hydrogen-bond acceptors (Lipinski definition) is 5. The Morgan fingerprint density at radius 2 is 2.12 bits per heavy atom. The number of amides is 1. The van der Waals surface area contributed by atoms with Crippen molar-refractivity contribution in [3.63, 3.8) is 0 Å². The van der Waals surface area contributed by atoms with Gasteiger partial charge in [0, 0.05) is 20.1 Å². The SMILES string of the molecule is CN(CCCN)S(=O)(=O)NCCOCC(N)=O. The summed E-state index contributed by atoms with van der Waals surface area (Å²) in [6.45, 7) is 0.746. The predicted molar refractivity (Wildman–Crippen MR) is 63.2 cm³/mol. The van der Waals surface area contributed by atoms with Crippen LogP contribution in [0.5, 0.6) is 0 Å². The first-order valence-corrected chi connectivity index (χ1v) is 6.61. The largest absolute Gasteiger partial charge is 0.370 e. The summed E-state index contributed by atoms with van der Waals surface area (Å²) in [5.41, 5.74) is 10.1. The summed E-state index contributed by atoms with van der Waals surface area (Å²) in [4.78, 5) is 10.3. The van der Waals surface area contributed by atoms with Crippen LogP contribution in [0.1, 0.15) is 6.42 Å². The molecule has 9 heteroatoms. The second kappa shape index (κ2) is 8.37. The van der Waals surface area contributed by atoms with Crippen LogP contribution < -0.4 is 16.2 Å². The lowest BCUT2D eigenvalue weighted by Gasteiger charge is -2.17. The molecule has 1 amide bonds. The van der Waals surface area contributed by atoms with Crippen molar-refractivity contribution >= 4 is 16.1 Å². The summed E-state index contributed by atoms with van der Waals surface area (Å²) in [7, 11) is -2.04. The average molecular weight is 268 g/mol. The Hall–Kier alpha value is -0.740. The number of carbonyl (C=O) groups is 1. The van der Waals surface area contributed by atoms with E-state index in [1.807, 2.05) is 0 Å². The van der Waals surface area contributed by atoms with E-state index in [4.69, 9.17) is 16.2 Å². The number of nitrogens with two attached hydrogens (primary N) is 2. The predicted octanol–water partition coefficient (Wildman–Crippen LogP) is -2.40. The summed E-state index contributed by atoms with van der Waals surface area (Å²) in [6.07, 6.45) is 0.593. The van der Waals surface area contributed by atoms with Crippen molar-refractivity contribution in [2.45, 2.75) is 6.42 Å². The van der Waals surface area contributed by atoms with E-state index in [9.17, 15) is 13.2 Å². The molecular formula is C8H20N4O4S. The summed E-state index contributed by atoms with van der Waals surface area (Å²) in [5.74, 6) is -0.590. The van der Waals surface area contributed by atoms with Crippen molar-refractivity contribution in [2.75, 3.05) is 39.9 Å². The van der Waals surface area contributed by atoms with Crippen LogP contribution in [0.25, 0.3) is 0 Å². The zero-order valence-electron chi connectivity index (χ0n) is 9.89. The fourth-order valence-corrected chi connectivity index (χ4v) is 1.89. The van der Waals surface area contributed by atoms with Gasteiger partial charge < -0.3 is 16.2 Å². The van der Waals surface area contributed by atoms with Crippen LogP contribution >= 0.6 is 0 Å². The van der Waals surface area contributed by atoms with E-state index in [0.29, 0.717) is 19.5 Å². The molecule has 0 rings (SSSR count). The molecule has 0 aliphatic rings. The zero-order valence-corrected chi connectivity index (χ0v) is 10.7. The molecule has 0 aromatic carbocycles. The zero-order chi connectivity index (χ0) is 13.3. The monoisotopic (exact) mass is 268 g/mol. The first-order chi connectivity index (χ1) is 7.90. The summed E-state index contributed by atoms with van der Waals surface area (Å²) < 4.78 is 31.4. The van der Waals surface area contributed by atoms with Gasteiger partial charge in [0.05, 0.1) is 6.61 Å². The third-order valence-electron chi connectivity index (χ3n) is 1.86. The minimum Gasteiger partial charge on any atom is -0.370 e. The molecule has 0 spiro atoms. The molecule has 0 bridgehead atoms. The molecule has 8 nitrogen and oxygen atoms in total. The maximum atomic E-state index is 11.6. The van der Waals surface area contributed by atoms with Crippen molar-refractivity contribution in [1.82, 2.24) is 9.03 Å². The summed E-state index contributed by atoms with van der Waals surface area (Å²) >= 11 is 0. The second-order valence-electron chi connectivity index (χ2n) is 3.38. The molecule has 0 aromatic rings. The second-order valence-corrected chi connectivity index (χ2v) is 5.24. The highest BCUT2D eigenvalue weighted by atomic mass is 32.2. The lowest BCUT2D eigenvalue weighted by Crippen LogP contribution is -2.40. The van der Waals surface area contributed by atoms with Crippen LogP contribution in [0.3, 0.4) is 0 Å². The first kappa shape index (κ1) is 16.3. The molecule has 0 unspecified atom stereocenters. The molecule has 0 heterocycles. The molecule has 5 N–H and O–H groups in total. The van der Waals surface area contributed by atoms with Gasteiger partial charge >= 0.3 is 0 Å². The van der Waals surface area contributed by atoms with Crippen molar-refractivity contribution < 1.29 is 17.9 Å². The van der Waals surface area contributed by atoms with Gasteiger partial charge in [-0.15, -0.1) is 0 Å². The Balaban J connectivity index is 3.81. The molecule has 0 aliphatic heterocycles. The van der Waals surface area contributed by atoms with E-state index in [1.165, 1.54) is 11.4 Å². The molecule has 0 aliphatic carbocycles. The summed E-state index contributed by atoms with van der Waals surface area (Å²) in [6, 6.07) is 0. The van der Waals surface area contributed by atoms with Gasteiger partial charge in [0.25, 0.3) is 10.2 Å². The molecule has 0 saturated heterocycles. The highest BCUT2D eigenvalue weighted by molar-refractivity contribution is 7.87. The van der Waals surface area contributed by atoms with E-state index in [1.54, 1.807) is 0 Å². The van der Waals surface area contributed by atoms with Gasteiger partial charge in [-0.05, 0) is 13.0 Å². The van der Waals surface area contributed by atoms with Crippen LogP contribution in [0.4, 0.5) is 0 Å².